The van der Waals surface area contributed by atoms with Crippen LogP contribution in [-0.4, -0.2) is 6.04 Å². The normalized spacial score (nSPS) is 18.6. The summed E-state index contributed by atoms with van der Waals surface area (Å²) in [6, 6.07) is 33.2. The molecular formula is C43H40N2. The number of aryl methyl sites for hydroxylation is 1. The Morgan fingerprint density at radius 3 is 2.38 bits per heavy atom. The highest BCUT2D eigenvalue weighted by Crippen LogP contribution is 2.50. The molecule has 45 heavy (non-hydrogen) atoms. The highest BCUT2D eigenvalue weighted by molar-refractivity contribution is 6.01. The first-order valence-corrected chi connectivity index (χ1v) is 16.1. The smallest absolute Gasteiger partial charge is 0.0633 e. The van der Waals surface area contributed by atoms with E-state index in [1.165, 1.54) is 50.3 Å². The van der Waals surface area contributed by atoms with Gasteiger partial charge in [0.15, 0.2) is 0 Å². The van der Waals surface area contributed by atoms with Gasteiger partial charge in [0.1, 0.15) is 0 Å². The summed E-state index contributed by atoms with van der Waals surface area (Å²) in [6.45, 7) is 10.8. The second-order valence-electron chi connectivity index (χ2n) is 12.3. The number of hydrogen-bond acceptors (Lipinski definition) is 2. The largest absolute Gasteiger partial charge is 0.333 e. The lowest BCUT2D eigenvalue weighted by molar-refractivity contribution is 0.709. The Balaban J connectivity index is 1.29. The van der Waals surface area contributed by atoms with Gasteiger partial charge < -0.3 is 9.80 Å². The summed E-state index contributed by atoms with van der Waals surface area (Å²) in [4.78, 5) is 4.90. The van der Waals surface area contributed by atoms with Crippen molar-refractivity contribution in [3.63, 3.8) is 0 Å². The van der Waals surface area contributed by atoms with Crippen LogP contribution in [0.25, 0.3) is 23.3 Å². The molecule has 4 aromatic rings. The molecule has 2 unspecified atom stereocenters. The van der Waals surface area contributed by atoms with Crippen LogP contribution in [0.1, 0.15) is 54.5 Å². The molecule has 0 radical (unpaired) electrons. The zero-order valence-corrected chi connectivity index (χ0v) is 26.4. The Bertz CT molecular complexity index is 1900. The van der Waals surface area contributed by atoms with Crippen molar-refractivity contribution in [2.45, 2.75) is 39.7 Å². The third-order valence-corrected chi connectivity index (χ3v) is 9.16. The Morgan fingerprint density at radius 2 is 1.64 bits per heavy atom. The molecule has 7 rings (SSSR count). The molecule has 222 valence electrons. The maximum absolute atomic E-state index is 4.27. The molecule has 0 spiro atoms. The first-order valence-electron chi connectivity index (χ1n) is 16.1. The van der Waals surface area contributed by atoms with E-state index >= 15 is 0 Å². The van der Waals surface area contributed by atoms with Crippen LogP contribution in [0, 0.1) is 12.8 Å². The van der Waals surface area contributed by atoms with E-state index in [1.54, 1.807) is 0 Å². The van der Waals surface area contributed by atoms with Crippen LogP contribution in [0.15, 0.2) is 140 Å². The van der Waals surface area contributed by atoms with Gasteiger partial charge in [0.25, 0.3) is 0 Å². The van der Waals surface area contributed by atoms with Crippen LogP contribution in [0.2, 0.25) is 0 Å². The third-order valence-electron chi connectivity index (χ3n) is 9.16. The van der Waals surface area contributed by atoms with Crippen molar-refractivity contribution in [3.05, 3.63) is 168 Å². The fraction of sp³-hybridized carbons (Fsp3) is 0.163. The van der Waals surface area contributed by atoms with E-state index in [0.717, 1.165) is 29.9 Å². The van der Waals surface area contributed by atoms with Crippen LogP contribution in [-0.2, 0) is 0 Å². The Labute approximate surface area is 268 Å². The molecule has 0 fully saturated rings. The lowest BCUT2D eigenvalue weighted by atomic mass is 9.86. The fourth-order valence-corrected chi connectivity index (χ4v) is 7.11. The lowest BCUT2D eigenvalue weighted by Crippen LogP contribution is -2.31. The van der Waals surface area contributed by atoms with Gasteiger partial charge in [0.2, 0.25) is 0 Å². The highest BCUT2D eigenvalue weighted by Gasteiger charge is 2.38. The van der Waals surface area contributed by atoms with Gasteiger partial charge >= 0.3 is 0 Å². The van der Waals surface area contributed by atoms with Gasteiger partial charge in [-0.2, -0.15) is 0 Å². The predicted octanol–water partition coefficient (Wildman–Crippen LogP) is 11.7. The highest BCUT2D eigenvalue weighted by atomic mass is 15.2. The summed E-state index contributed by atoms with van der Waals surface area (Å²) in [6.07, 6.45) is 20.3. The van der Waals surface area contributed by atoms with Crippen molar-refractivity contribution in [2.75, 3.05) is 9.80 Å². The van der Waals surface area contributed by atoms with Crippen molar-refractivity contribution in [2.24, 2.45) is 5.92 Å². The van der Waals surface area contributed by atoms with Crippen molar-refractivity contribution >= 4 is 46.0 Å². The van der Waals surface area contributed by atoms with Crippen molar-refractivity contribution < 1.29 is 0 Å². The van der Waals surface area contributed by atoms with Gasteiger partial charge in [-0.3, -0.25) is 0 Å². The molecular weight excluding hydrogens is 544 g/mol. The molecule has 0 bridgehead atoms. The first-order chi connectivity index (χ1) is 22.1. The molecule has 2 aliphatic carbocycles. The molecule has 4 aromatic carbocycles. The number of nitrogens with zero attached hydrogens (tertiary/aromatic N) is 2. The fourth-order valence-electron chi connectivity index (χ4n) is 7.11. The van der Waals surface area contributed by atoms with Crippen LogP contribution in [0.5, 0.6) is 0 Å². The van der Waals surface area contributed by atoms with Gasteiger partial charge in [-0.1, -0.05) is 98.5 Å². The van der Waals surface area contributed by atoms with Crippen LogP contribution in [0.3, 0.4) is 0 Å². The standard InChI is InChI=1S/C43H40N2/c1-5-12-33-21-26-42-43(39(33)6-2)40-29-34(22-25-41(40)45(42)38-18-11-14-31(4)28-38)32-19-23-36(24-20-32)44(35-15-8-7-9-16-35)37-17-10-13-30(3)27-37/h5-13,15-24,26-29,31,41H,2,14,25H2,1,3-4H3/b12-5-. The molecule has 3 aliphatic rings. The molecule has 0 aromatic heterocycles. The minimum absolute atomic E-state index is 0.263. The van der Waals surface area contributed by atoms with E-state index in [4.69, 9.17) is 0 Å². The average Bonchev–Trinajstić information content (AvgIpc) is 3.40. The maximum atomic E-state index is 4.27. The van der Waals surface area contributed by atoms with Crippen LogP contribution >= 0.6 is 0 Å². The Morgan fingerprint density at radius 1 is 0.867 bits per heavy atom. The maximum Gasteiger partial charge on any atom is 0.0633 e. The van der Waals surface area contributed by atoms with Gasteiger partial charge in [0.05, 0.1) is 6.04 Å². The number of benzene rings is 4. The number of hydrogen-bond donors (Lipinski definition) is 0. The van der Waals surface area contributed by atoms with E-state index in [9.17, 15) is 0 Å². The molecule has 2 atom stereocenters. The third kappa shape index (κ3) is 5.31. The van der Waals surface area contributed by atoms with Crippen LogP contribution < -0.4 is 9.80 Å². The Kier molecular flexibility index (Phi) is 7.73. The monoisotopic (exact) mass is 584 g/mol. The van der Waals surface area contributed by atoms with Crippen molar-refractivity contribution in [1.29, 1.82) is 0 Å². The molecule has 1 heterocycles. The molecule has 1 aliphatic heterocycles. The van der Waals surface area contributed by atoms with Crippen molar-refractivity contribution in [1.82, 2.24) is 0 Å². The average molecular weight is 585 g/mol. The van der Waals surface area contributed by atoms with E-state index in [1.807, 2.05) is 6.08 Å². The summed E-state index contributed by atoms with van der Waals surface area (Å²) >= 11 is 0. The van der Waals surface area contributed by atoms with Crippen LogP contribution in [0.4, 0.5) is 22.7 Å². The molecule has 2 heteroatoms. The number of fused-ring (bicyclic) bond motifs is 3. The number of anilines is 4. The zero-order chi connectivity index (χ0) is 30.9. The molecule has 0 saturated carbocycles. The van der Waals surface area contributed by atoms with Gasteiger partial charge in [-0.15, -0.1) is 0 Å². The van der Waals surface area contributed by atoms with E-state index in [0.29, 0.717) is 5.92 Å². The first kappa shape index (κ1) is 28.7. The molecule has 0 amide bonds. The quantitative estimate of drug-likeness (QED) is 0.213. The minimum Gasteiger partial charge on any atom is -0.333 e. The summed E-state index contributed by atoms with van der Waals surface area (Å²) in [5, 5.41) is 0. The predicted molar refractivity (Wildman–Crippen MR) is 195 cm³/mol. The number of rotatable bonds is 7. The zero-order valence-electron chi connectivity index (χ0n) is 26.4. The lowest BCUT2D eigenvalue weighted by Gasteiger charge is -2.32. The molecule has 0 N–H and O–H groups in total. The topological polar surface area (TPSA) is 6.48 Å². The van der Waals surface area contributed by atoms with E-state index < -0.39 is 0 Å². The number of para-hydroxylation sites is 1. The summed E-state index contributed by atoms with van der Waals surface area (Å²) in [7, 11) is 0. The summed E-state index contributed by atoms with van der Waals surface area (Å²) in [5.41, 5.74) is 14.9. The second-order valence-corrected chi connectivity index (χ2v) is 12.3. The van der Waals surface area contributed by atoms with Crippen molar-refractivity contribution in [3.8, 4) is 0 Å². The molecule has 2 nitrogen and oxygen atoms in total. The summed E-state index contributed by atoms with van der Waals surface area (Å²) in [5.74, 6) is 0.533. The second kappa shape index (κ2) is 12.1. The van der Waals surface area contributed by atoms with E-state index in [2.05, 4.69) is 171 Å². The SMILES string of the molecule is C=Cc1c(/C=C\C)ccc2c1C1=CC(c3ccc(N(c4ccccc4)c4cccc(C)c4)cc3)=CCC1N2C1=CC(C)CC=C1. The van der Waals surface area contributed by atoms with E-state index in [-0.39, 0.29) is 6.04 Å². The van der Waals surface area contributed by atoms with Gasteiger partial charge in [0, 0.05) is 34.0 Å². The summed E-state index contributed by atoms with van der Waals surface area (Å²) < 4.78 is 0. The number of allylic oxidation sites excluding steroid dienone is 6. The minimum atomic E-state index is 0.263. The Hall–Kier alpha value is -5.08. The molecule has 0 saturated heterocycles. The van der Waals surface area contributed by atoms with Gasteiger partial charge in [-0.05, 0) is 121 Å². The van der Waals surface area contributed by atoms with Gasteiger partial charge in [-0.25, -0.2) is 0 Å².